The molecule has 0 fully saturated rings. The van der Waals surface area contributed by atoms with Crippen LogP contribution in [0.15, 0.2) is 29.1 Å². The number of nitrogen functional groups attached to an aromatic ring is 1. The maximum atomic E-state index is 12.0. The lowest BCUT2D eigenvalue weighted by Crippen LogP contribution is -2.25. The van der Waals surface area contributed by atoms with Crippen molar-refractivity contribution in [1.29, 1.82) is 0 Å². The molecule has 1 unspecified atom stereocenters. The predicted octanol–water partition coefficient (Wildman–Crippen LogP) is 0.961. The first-order valence-corrected chi connectivity index (χ1v) is 7.54. The summed E-state index contributed by atoms with van der Waals surface area (Å²) in [6, 6.07) is 5.49. The minimum Gasteiger partial charge on any atom is -0.479 e. The molecule has 0 saturated carbocycles. The number of nitrogens with two attached hydrogens (primary N) is 1. The van der Waals surface area contributed by atoms with Crippen molar-refractivity contribution < 1.29 is 34.1 Å². The van der Waals surface area contributed by atoms with Crippen LogP contribution in [0.1, 0.15) is 27.6 Å². The highest BCUT2D eigenvalue weighted by molar-refractivity contribution is 6.07. The van der Waals surface area contributed by atoms with Gasteiger partial charge in [-0.25, -0.2) is 14.4 Å². The van der Waals surface area contributed by atoms with E-state index in [1.807, 2.05) is 4.98 Å². The third kappa shape index (κ3) is 3.89. The number of hydrogen-bond donors (Lipinski definition) is 4. The molecule has 142 valence electrons. The molecule has 1 heterocycles. The molecule has 0 bridgehead atoms. The van der Waals surface area contributed by atoms with Crippen molar-refractivity contribution in [3.8, 4) is 16.9 Å². The van der Waals surface area contributed by atoms with Crippen LogP contribution in [0.4, 0.5) is 5.82 Å². The van der Waals surface area contributed by atoms with Gasteiger partial charge in [0.25, 0.3) is 5.56 Å². The number of nitrogens with one attached hydrogen (secondary N) is 1. The summed E-state index contributed by atoms with van der Waals surface area (Å²) in [5, 5.41) is 18.7. The summed E-state index contributed by atoms with van der Waals surface area (Å²) in [5.41, 5.74) is 3.05. The van der Waals surface area contributed by atoms with E-state index in [-0.39, 0.29) is 16.9 Å². The van der Waals surface area contributed by atoms with Gasteiger partial charge in [0.2, 0.25) is 0 Å². The summed E-state index contributed by atoms with van der Waals surface area (Å²) in [7, 11) is 1.21. The Bertz CT molecular complexity index is 962. The molecule has 0 radical (unpaired) electrons. The zero-order chi connectivity index (χ0) is 20.3. The Labute approximate surface area is 152 Å². The molecule has 1 atom stereocenters. The van der Waals surface area contributed by atoms with E-state index in [4.69, 9.17) is 10.5 Å². The highest BCUT2D eigenvalue weighted by Crippen LogP contribution is 2.30. The van der Waals surface area contributed by atoms with E-state index < -0.39 is 46.5 Å². The number of carboxylic acid groups (broad SMARTS) is 2. The van der Waals surface area contributed by atoms with E-state index in [0.29, 0.717) is 0 Å². The number of carboxylic acids is 2. The molecule has 10 heteroatoms. The molecular formula is C17H16N2O8. The molecule has 5 N–H and O–H groups in total. The monoisotopic (exact) mass is 376 g/mol. The average Bonchev–Trinajstić information content (AvgIpc) is 2.60. The van der Waals surface area contributed by atoms with Crippen molar-refractivity contribution in [3.63, 3.8) is 0 Å². The highest BCUT2D eigenvalue weighted by atomic mass is 16.6. The molecule has 0 aliphatic heterocycles. The summed E-state index contributed by atoms with van der Waals surface area (Å²) in [4.78, 5) is 48.4. The fraction of sp³-hybridized carbons (Fsp3) is 0.176. The van der Waals surface area contributed by atoms with Crippen LogP contribution in [0.3, 0.4) is 0 Å². The van der Waals surface area contributed by atoms with Crippen LogP contribution in [0, 0.1) is 0 Å². The first-order chi connectivity index (χ1) is 12.7. The van der Waals surface area contributed by atoms with Gasteiger partial charge in [0, 0.05) is 5.56 Å². The maximum Gasteiger partial charge on any atom is 0.346 e. The molecule has 0 amide bonds. The van der Waals surface area contributed by atoms with Crippen LogP contribution in [-0.4, -0.2) is 46.3 Å². The molecule has 2 aromatic rings. The number of aromatic nitrogens is 1. The van der Waals surface area contributed by atoms with Gasteiger partial charge >= 0.3 is 17.9 Å². The third-order valence-corrected chi connectivity index (χ3v) is 3.66. The van der Waals surface area contributed by atoms with Gasteiger partial charge in [-0.2, -0.15) is 0 Å². The zero-order valence-electron chi connectivity index (χ0n) is 14.3. The number of aromatic amines is 1. The summed E-state index contributed by atoms with van der Waals surface area (Å²) in [6.45, 7) is 1.47. The Morgan fingerprint density at radius 3 is 2.11 bits per heavy atom. The standard InChI is InChI=1S/C17H16N2O8/c1-7(17(25)26-2)27-9-5-3-8(4-6-9)10-11(15(21)22)13(18)19-14(20)12(10)16(23)24/h3-7H,1-2H3,(H,21,22)(H,23,24)(H3,18,19,20). The predicted molar refractivity (Wildman–Crippen MR) is 92.9 cm³/mol. The molecule has 27 heavy (non-hydrogen) atoms. The lowest BCUT2D eigenvalue weighted by molar-refractivity contribution is -0.147. The Kier molecular flexibility index (Phi) is 5.49. The Morgan fingerprint density at radius 1 is 1.07 bits per heavy atom. The Morgan fingerprint density at radius 2 is 1.63 bits per heavy atom. The quantitative estimate of drug-likeness (QED) is 0.536. The van der Waals surface area contributed by atoms with Crippen LogP contribution in [0.2, 0.25) is 0 Å². The number of carbonyl (C=O) groups is 3. The number of esters is 1. The van der Waals surface area contributed by atoms with E-state index in [9.17, 15) is 29.4 Å². The van der Waals surface area contributed by atoms with Crippen LogP contribution in [0.5, 0.6) is 5.75 Å². The van der Waals surface area contributed by atoms with Gasteiger partial charge in [-0.05, 0) is 24.6 Å². The van der Waals surface area contributed by atoms with E-state index >= 15 is 0 Å². The topological polar surface area (TPSA) is 169 Å². The third-order valence-electron chi connectivity index (χ3n) is 3.66. The average molecular weight is 376 g/mol. The van der Waals surface area contributed by atoms with Crippen molar-refractivity contribution in [2.45, 2.75) is 13.0 Å². The number of hydrogen-bond acceptors (Lipinski definition) is 7. The minimum atomic E-state index is -1.60. The van der Waals surface area contributed by atoms with Crippen molar-refractivity contribution in [1.82, 2.24) is 4.98 Å². The largest absolute Gasteiger partial charge is 0.479 e. The molecule has 0 aliphatic rings. The Hall–Kier alpha value is -3.82. The lowest BCUT2D eigenvalue weighted by Gasteiger charge is -2.14. The van der Waals surface area contributed by atoms with Gasteiger partial charge in [-0.1, -0.05) is 12.1 Å². The summed E-state index contributed by atoms with van der Waals surface area (Å²) < 4.78 is 9.90. The smallest absolute Gasteiger partial charge is 0.346 e. The highest BCUT2D eigenvalue weighted by Gasteiger charge is 2.26. The van der Waals surface area contributed by atoms with E-state index in [1.54, 1.807) is 0 Å². The van der Waals surface area contributed by atoms with E-state index in [1.165, 1.54) is 38.3 Å². The fourth-order valence-corrected chi connectivity index (χ4v) is 2.45. The zero-order valence-corrected chi connectivity index (χ0v) is 14.3. The van der Waals surface area contributed by atoms with E-state index in [0.717, 1.165) is 0 Å². The molecular weight excluding hydrogens is 360 g/mol. The van der Waals surface area contributed by atoms with Crippen molar-refractivity contribution >= 4 is 23.7 Å². The van der Waals surface area contributed by atoms with Crippen molar-refractivity contribution in [3.05, 3.63) is 45.7 Å². The van der Waals surface area contributed by atoms with Crippen LogP contribution in [0.25, 0.3) is 11.1 Å². The van der Waals surface area contributed by atoms with Gasteiger partial charge in [-0.15, -0.1) is 0 Å². The summed E-state index contributed by atoms with van der Waals surface area (Å²) in [5.74, 6) is -3.91. The number of methoxy groups -OCH3 is 1. The van der Waals surface area contributed by atoms with Crippen LogP contribution >= 0.6 is 0 Å². The molecule has 0 saturated heterocycles. The molecule has 0 spiro atoms. The molecule has 10 nitrogen and oxygen atoms in total. The molecule has 2 rings (SSSR count). The van der Waals surface area contributed by atoms with Crippen LogP contribution in [-0.2, 0) is 9.53 Å². The van der Waals surface area contributed by atoms with Crippen LogP contribution < -0.4 is 16.0 Å². The first kappa shape index (κ1) is 19.5. The normalized spacial score (nSPS) is 11.5. The minimum absolute atomic E-state index is 0.126. The van der Waals surface area contributed by atoms with Crippen molar-refractivity contribution in [2.75, 3.05) is 12.8 Å². The number of ether oxygens (including phenoxy) is 2. The molecule has 1 aromatic heterocycles. The van der Waals surface area contributed by atoms with Gasteiger partial charge in [0.05, 0.1) is 7.11 Å². The van der Waals surface area contributed by atoms with Gasteiger partial charge in [0.15, 0.2) is 6.10 Å². The number of pyridine rings is 1. The number of carbonyl (C=O) groups excluding carboxylic acids is 1. The second kappa shape index (κ2) is 7.60. The summed E-state index contributed by atoms with van der Waals surface area (Å²) in [6.07, 6.45) is -0.889. The summed E-state index contributed by atoms with van der Waals surface area (Å²) >= 11 is 0. The number of H-pyrrole nitrogens is 1. The van der Waals surface area contributed by atoms with E-state index in [2.05, 4.69) is 4.74 Å². The second-order valence-electron chi connectivity index (χ2n) is 5.41. The second-order valence-corrected chi connectivity index (χ2v) is 5.41. The fourth-order valence-electron chi connectivity index (χ4n) is 2.45. The maximum absolute atomic E-state index is 12.0. The number of benzene rings is 1. The molecule has 1 aromatic carbocycles. The number of aromatic carboxylic acids is 2. The molecule has 0 aliphatic carbocycles. The first-order valence-electron chi connectivity index (χ1n) is 7.54. The lowest BCUT2D eigenvalue weighted by atomic mass is 9.95. The van der Waals surface area contributed by atoms with Gasteiger partial charge in [0.1, 0.15) is 22.7 Å². The SMILES string of the molecule is COC(=O)C(C)Oc1ccc(-c2c(C(=O)O)c(N)[nH]c(=O)c2C(=O)O)cc1. The Balaban J connectivity index is 2.58. The van der Waals surface area contributed by atoms with Gasteiger partial charge in [-0.3, -0.25) is 4.79 Å². The van der Waals surface area contributed by atoms with Gasteiger partial charge < -0.3 is 30.4 Å². The van der Waals surface area contributed by atoms with Crippen molar-refractivity contribution in [2.24, 2.45) is 0 Å². The number of anilines is 1. The number of rotatable bonds is 6.